The van der Waals surface area contributed by atoms with E-state index in [-0.39, 0.29) is 40.8 Å². The molecule has 210 valence electrons. The Morgan fingerprint density at radius 3 is 2.25 bits per heavy atom. The largest absolute Gasteiger partial charge is 0.478 e. The van der Waals surface area contributed by atoms with E-state index in [1.165, 1.54) is 18.2 Å². The maximum Gasteiger partial charge on any atom is 0.336 e. The number of nitrogens with one attached hydrogen (secondary N) is 2. The number of hydrogen-bond donors (Lipinski definition) is 7. The molecule has 0 unspecified atom stereocenters. The summed E-state index contributed by atoms with van der Waals surface area (Å²) < 4.78 is 74.5. The van der Waals surface area contributed by atoms with Gasteiger partial charge in [-0.1, -0.05) is 0 Å². The first kappa shape index (κ1) is 28.6. The monoisotopic (exact) mass is 592 g/mol. The number of anilines is 1. The van der Waals surface area contributed by atoms with Crippen LogP contribution in [0.3, 0.4) is 0 Å². The van der Waals surface area contributed by atoms with Crippen LogP contribution in [0.25, 0.3) is 33.4 Å². The van der Waals surface area contributed by atoms with E-state index in [4.69, 9.17) is 21.5 Å². The number of carbonyl (C=O) groups excluding carboxylic acids is 1. The van der Waals surface area contributed by atoms with E-state index < -0.39 is 69.9 Å². The maximum atomic E-state index is 12.7. The van der Waals surface area contributed by atoms with E-state index in [1.807, 2.05) is 0 Å². The minimum atomic E-state index is -5.17. The average Bonchev–Trinajstić information content (AvgIpc) is 2.85. The van der Waals surface area contributed by atoms with Gasteiger partial charge in [0.05, 0.1) is 23.2 Å². The topological polar surface area (TPSA) is 273 Å². The summed E-state index contributed by atoms with van der Waals surface area (Å²) >= 11 is 0. The number of benzene rings is 3. The molecule has 0 atom stereocenters. The summed E-state index contributed by atoms with van der Waals surface area (Å²) in [4.78, 5) is 27.3. The molecule has 2 aliphatic rings. The molecule has 0 fully saturated rings. The highest BCUT2D eigenvalue weighted by Gasteiger charge is 2.32. The van der Waals surface area contributed by atoms with Crippen LogP contribution in [0.1, 0.15) is 20.7 Å². The van der Waals surface area contributed by atoms with Crippen LogP contribution in [0.15, 0.2) is 56.7 Å². The molecule has 1 amide bonds. The van der Waals surface area contributed by atoms with Gasteiger partial charge in [0, 0.05) is 28.6 Å². The number of hydrogen-bond acceptors (Lipinski definition) is 11. The van der Waals surface area contributed by atoms with Crippen molar-refractivity contribution in [1.82, 2.24) is 5.32 Å². The first-order chi connectivity index (χ1) is 18.7. The third-order valence-corrected chi connectivity index (χ3v) is 7.66. The van der Waals surface area contributed by atoms with E-state index in [1.54, 1.807) is 0 Å². The second kappa shape index (κ2) is 10.3. The number of fused-ring (bicyclic) bond motifs is 2. The number of nitrogen functional groups attached to an aromatic ring is 1. The van der Waals surface area contributed by atoms with Gasteiger partial charge in [-0.15, -0.1) is 0 Å². The number of nitrogens with two attached hydrogens (primary N) is 2. The van der Waals surface area contributed by atoms with Crippen molar-refractivity contribution in [2.24, 2.45) is 5.90 Å². The highest BCUT2D eigenvalue weighted by molar-refractivity contribution is 7.86. The van der Waals surface area contributed by atoms with E-state index >= 15 is 0 Å². The van der Waals surface area contributed by atoms with Crippen molar-refractivity contribution in [2.45, 2.75) is 9.79 Å². The molecule has 2 aromatic carbocycles. The zero-order valence-electron chi connectivity index (χ0n) is 20.0. The van der Waals surface area contributed by atoms with Crippen molar-refractivity contribution in [3.63, 3.8) is 0 Å². The van der Waals surface area contributed by atoms with Gasteiger partial charge in [0.2, 0.25) is 0 Å². The molecule has 1 aliphatic heterocycles. The number of carboxylic acids is 1. The lowest BCUT2D eigenvalue weighted by molar-refractivity contribution is 0.0697. The third kappa shape index (κ3) is 5.11. The summed E-state index contributed by atoms with van der Waals surface area (Å²) in [5.74, 6) is 2.07. The van der Waals surface area contributed by atoms with Crippen LogP contribution < -0.4 is 22.3 Å². The molecular weight excluding hydrogens is 572 g/mol. The van der Waals surface area contributed by atoms with Crippen LogP contribution in [-0.4, -0.2) is 56.1 Å². The molecular formula is C23H20N4O11S2. The summed E-state index contributed by atoms with van der Waals surface area (Å²) in [6.45, 7) is -0.0304. The molecule has 15 nitrogen and oxygen atoms in total. The lowest BCUT2D eigenvalue weighted by atomic mass is 9.89. The highest BCUT2D eigenvalue weighted by Crippen LogP contribution is 2.45. The molecule has 0 saturated heterocycles. The molecule has 0 saturated carbocycles. The Kier molecular flexibility index (Phi) is 7.37. The van der Waals surface area contributed by atoms with Gasteiger partial charge in [-0.25, -0.2) is 10.7 Å². The molecule has 1 aliphatic carbocycles. The molecule has 0 bridgehead atoms. The minimum Gasteiger partial charge on any atom is -0.478 e. The Hall–Kier alpha value is -4.39. The van der Waals surface area contributed by atoms with E-state index in [9.17, 15) is 40.6 Å². The lowest BCUT2D eigenvalue weighted by Crippen LogP contribution is -2.28. The fraction of sp³-hybridized carbons (Fsp3) is 0.0870. The molecule has 4 rings (SSSR count). The standard InChI is InChI=1S/C23H20N4O11S2/c24-15-5-3-12-17(14-9-10(1-2-11(14)23(29)30)22(28)27-7-8-37-26)13-4-6-16(25)21(40(34,35)36)19(13)38-18(12)20(15)39(31,32)33/h1-6,9,24H,7-8,25-26H2,(H,27,28)(H,29,30)(H,31,32,33)(H,34,35,36). The summed E-state index contributed by atoms with van der Waals surface area (Å²) in [7, 11) is -10.3. The van der Waals surface area contributed by atoms with Crippen molar-refractivity contribution >= 4 is 48.8 Å². The Morgan fingerprint density at radius 2 is 1.65 bits per heavy atom. The van der Waals surface area contributed by atoms with Crippen LogP contribution in [0.2, 0.25) is 0 Å². The fourth-order valence-electron chi connectivity index (χ4n) is 4.20. The zero-order valence-corrected chi connectivity index (χ0v) is 21.7. The van der Waals surface area contributed by atoms with E-state index in [2.05, 4.69) is 10.2 Å². The quantitative estimate of drug-likeness (QED) is 0.0496. The Bertz CT molecular complexity index is 1950. The highest BCUT2D eigenvalue weighted by atomic mass is 32.2. The van der Waals surface area contributed by atoms with E-state index in [0.29, 0.717) is 0 Å². The Morgan fingerprint density at radius 1 is 0.975 bits per heavy atom. The second-order valence-electron chi connectivity index (χ2n) is 8.30. The summed E-state index contributed by atoms with van der Waals surface area (Å²) in [6.07, 6.45) is 0. The summed E-state index contributed by atoms with van der Waals surface area (Å²) in [5.41, 5.74) is 3.58. The third-order valence-electron chi connectivity index (χ3n) is 5.80. The van der Waals surface area contributed by atoms with Crippen LogP contribution in [0.5, 0.6) is 0 Å². The first-order valence-corrected chi connectivity index (χ1v) is 13.8. The normalized spacial score (nSPS) is 12.1. The van der Waals surface area contributed by atoms with Crippen molar-refractivity contribution in [2.75, 3.05) is 18.9 Å². The maximum absolute atomic E-state index is 12.7. The fourth-order valence-corrected chi connectivity index (χ4v) is 5.68. The molecule has 0 radical (unpaired) electrons. The lowest BCUT2D eigenvalue weighted by Gasteiger charge is -2.20. The van der Waals surface area contributed by atoms with Crippen molar-refractivity contribution in [1.29, 1.82) is 5.41 Å². The predicted molar refractivity (Wildman–Crippen MR) is 138 cm³/mol. The smallest absolute Gasteiger partial charge is 0.336 e. The number of carbonyl (C=O) groups is 2. The SMILES string of the molecule is N=c1ccc2c(-c3cc(C(=O)NCCON)ccc3C(=O)O)c3ccc(N)c(S(=O)(=O)O)c3oc-2c1S(=O)(=O)O. The van der Waals surface area contributed by atoms with Crippen molar-refractivity contribution in [3.05, 3.63) is 58.9 Å². The predicted octanol–water partition coefficient (Wildman–Crippen LogP) is 1.08. The van der Waals surface area contributed by atoms with Crippen LogP contribution in [0.4, 0.5) is 5.69 Å². The van der Waals surface area contributed by atoms with Crippen LogP contribution in [-0.2, 0) is 25.1 Å². The van der Waals surface area contributed by atoms with Gasteiger partial charge in [0.15, 0.2) is 21.1 Å². The van der Waals surface area contributed by atoms with Crippen molar-refractivity contribution in [3.8, 4) is 22.5 Å². The zero-order chi connectivity index (χ0) is 29.6. The molecule has 2 aromatic rings. The number of rotatable bonds is 8. The molecule has 9 N–H and O–H groups in total. The van der Waals surface area contributed by atoms with Crippen molar-refractivity contribution < 1.29 is 49.9 Å². The second-order valence-corrected chi connectivity index (χ2v) is 11.0. The molecule has 40 heavy (non-hydrogen) atoms. The number of aromatic carboxylic acids is 1. The summed E-state index contributed by atoms with van der Waals surface area (Å²) in [5, 5.41) is 19.6. The average molecular weight is 593 g/mol. The van der Waals surface area contributed by atoms with Gasteiger partial charge < -0.3 is 25.4 Å². The van der Waals surface area contributed by atoms with Crippen LogP contribution in [0, 0.1) is 5.41 Å². The van der Waals surface area contributed by atoms with Gasteiger partial charge in [-0.3, -0.25) is 19.3 Å². The number of amides is 1. The Balaban J connectivity index is 2.25. The molecule has 17 heteroatoms. The van der Waals surface area contributed by atoms with E-state index in [0.717, 1.165) is 24.3 Å². The molecule has 0 spiro atoms. The molecule has 0 aromatic heterocycles. The first-order valence-electron chi connectivity index (χ1n) is 11.0. The molecule has 1 heterocycles. The Labute approximate surface area is 225 Å². The summed E-state index contributed by atoms with van der Waals surface area (Å²) in [6, 6.07) is 7.94. The van der Waals surface area contributed by atoms with Gasteiger partial charge >= 0.3 is 5.97 Å². The minimum absolute atomic E-state index is 0.00240. The van der Waals surface area contributed by atoms with Gasteiger partial charge in [-0.2, -0.15) is 16.8 Å². The van der Waals surface area contributed by atoms with Gasteiger partial charge in [0.1, 0.15) is 0 Å². The van der Waals surface area contributed by atoms with Gasteiger partial charge in [0.25, 0.3) is 26.1 Å². The van der Waals surface area contributed by atoms with Crippen LogP contribution >= 0.6 is 0 Å². The van der Waals surface area contributed by atoms with Gasteiger partial charge in [-0.05, 0) is 48.0 Å². The number of carboxylic acid groups (broad SMARTS) is 1.